The third-order valence-electron chi connectivity index (χ3n) is 3.14. The van der Waals surface area contributed by atoms with Gasteiger partial charge < -0.3 is 9.88 Å². The summed E-state index contributed by atoms with van der Waals surface area (Å²) in [5.74, 6) is 0.485. The molecular formula is C9H12Cl2N4OS. The van der Waals surface area contributed by atoms with E-state index in [1.807, 2.05) is 0 Å². The molecule has 94 valence electrons. The lowest BCUT2D eigenvalue weighted by atomic mass is 10.1. The summed E-state index contributed by atoms with van der Waals surface area (Å²) in [6.07, 6.45) is 0.466. The number of amides is 1. The third kappa shape index (κ3) is 2.09. The summed E-state index contributed by atoms with van der Waals surface area (Å²) in [6.45, 7) is 2.04. The molecule has 1 aromatic rings. The third-order valence-corrected chi connectivity index (χ3v) is 4.61. The van der Waals surface area contributed by atoms with Crippen LogP contribution in [-0.2, 0) is 18.4 Å². The Morgan fingerprint density at radius 3 is 2.71 bits per heavy atom. The Labute approximate surface area is 113 Å². The fourth-order valence-electron chi connectivity index (χ4n) is 1.54. The molecule has 1 aliphatic rings. The Balaban J connectivity index is 1.99. The van der Waals surface area contributed by atoms with Crippen molar-refractivity contribution in [1.29, 1.82) is 0 Å². The lowest BCUT2D eigenvalue weighted by Gasteiger charge is -2.11. The number of carbonyl (C=O) groups excluding carboxylic acids is 1. The Morgan fingerprint density at radius 1 is 1.71 bits per heavy atom. The van der Waals surface area contributed by atoms with Crippen LogP contribution in [0.3, 0.4) is 0 Å². The number of hydrogen-bond acceptors (Lipinski definition) is 3. The van der Waals surface area contributed by atoms with E-state index in [1.165, 1.54) is 0 Å². The predicted molar refractivity (Wildman–Crippen MR) is 67.4 cm³/mol. The first-order chi connectivity index (χ1) is 7.78. The first-order valence-electron chi connectivity index (χ1n) is 5.04. The number of rotatable bonds is 3. The van der Waals surface area contributed by atoms with Gasteiger partial charge in [0.05, 0.1) is 12.0 Å². The minimum absolute atomic E-state index is 0.170. The van der Waals surface area contributed by atoms with E-state index in [-0.39, 0.29) is 5.91 Å². The molecule has 2 N–H and O–H groups in total. The van der Waals surface area contributed by atoms with Crippen molar-refractivity contribution in [2.45, 2.75) is 24.2 Å². The number of nitrogens with zero attached hydrogens (tertiary/aromatic N) is 2. The molecule has 8 heteroatoms. The van der Waals surface area contributed by atoms with Crippen LogP contribution < -0.4 is 5.32 Å². The fraction of sp³-hybridized carbons (Fsp3) is 0.667. The van der Waals surface area contributed by atoms with Gasteiger partial charge in [0, 0.05) is 7.05 Å². The van der Waals surface area contributed by atoms with Gasteiger partial charge in [-0.3, -0.25) is 9.89 Å². The van der Waals surface area contributed by atoms with Crippen molar-refractivity contribution in [3.63, 3.8) is 0 Å². The topological polar surface area (TPSA) is 62.7 Å². The summed E-state index contributed by atoms with van der Waals surface area (Å²) < 4.78 is 1.25. The van der Waals surface area contributed by atoms with E-state index < -0.39 is 9.75 Å². The number of aromatic nitrogens is 3. The molecule has 17 heavy (non-hydrogen) atoms. The minimum Gasteiger partial charge on any atom is -0.348 e. The van der Waals surface area contributed by atoms with Crippen LogP contribution in [0, 0.1) is 10.2 Å². The molecule has 1 saturated carbocycles. The summed E-state index contributed by atoms with van der Waals surface area (Å²) >= 11 is 16.8. The van der Waals surface area contributed by atoms with Crippen LogP contribution >= 0.6 is 35.4 Å². The van der Waals surface area contributed by atoms with Crippen molar-refractivity contribution in [3.8, 4) is 0 Å². The molecule has 1 aliphatic carbocycles. The molecule has 1 amide bonds. The van der Waals surface area contributed by atoms with Crippen LogP contribution in [0.5, 0.6) is 0 Å². The normalized spacial score (nSPS) is 25.6. The molecule has 0 aliphatic heterocycles. The van der Waals surface area contributed by atoms with Gasteiger partial charge in [-0.25, -0.2) is 0 Å². The van der Waals surface area contributed by atoms with Crippen LogP contribution in [0.1, 0.15) is 19.2 Å². The van der Waals surface area contributed by atoms with Crippen LogP contribution in [0.15, 0.2) is 0 Å². The molecule has 0 saturated heterocycles. The average molecular weight is 295 g/mol. The highest BCUT2D eigenvalue weighted by Gasteiger charge is 2.67. The number of H-pyrrole nitrogens is 1. The lowest BCUT2D eigenvalue weighted by molar-refractivity contribution is -0.126. The first-order valence-corrected chi connectivity index (χ1v) is 6.21. The van der Waals surface area contributed by atoms with Crippen LogP contribution in [0.4, 0.5) is 0 Å². The second-order valence-electron chi connectivity index (χ2n) is 4.40. The highest BCUT2D eigenvalue weighted by Crippen LogP contribution is 2.63. The maximum atomic E-state index is 11.9. The molecule has 1 aromatic heterocycles. The molecule has 5 nitrogen and oxygen atoms in total. The van der Waals surface area contributed by atoms with Crippen molar-refractivity contribution in [3.05, 3.63) is 10.6 Å². The standard InChI is InChI=1S/C9H12Cl2N4OS/c1-8(4-9(8,10)11)6(16)12-3-5-13-14-7(17)15(5)2/h3-4H2,1-2H3,(H,12,16)(H,14,17)/t8-/m1/s1. The van der Waals surface area contributed by atoms with E-state index in [0.717, 1.165) is 0 Å². The zero-order valence-corrected chi connectivity index (χ0v) is 11.7. The van der Waals surface area contributed by atoms with Crippen molar-refractivity contribution in [2.24, 2.45) is 12.5 Å². The van der Waals surface area contributed by atoms with E-state index in [1.54, 1.807) is 18.5 Å². The predicted octanol–water partition coefficient (Wildman–Crippen LogP) is 1.68. The summed E-state index contributed by atoms with van der Waals surface area (Å²) in [7, 11) is 1.78. The van der Waals surface area contributed by atoms with Crippen LogP contribution in [0.2, 0.25) is 0 Å². The lowest BCUT2D eigenvalue weighted by Crippen LogP contribution is -2.33. The monoisotopic (exact) mass is 294 g/mol. The van der Waals surface area contributed by atoms with Gasteiger partial charge in [0.25, 0.3) is 0 Å². The second-order valence-corrected chi connectivity index (χ2v) is 6.27. The van der Waals surface area contributed by atoms with Crippen LogP contribution in [-0.4, -0.2) is 25.0 Å². The van der Waals surface area contributed by atoms with Gasteiger partial charge in [-0.05, 0) is 25.6 Å². The second kappa shape index (κ2) is 3.96. The largest absolute Gasteiger partial charge is 0.348 e. The van der Waals surface area contributed by atoms with E-state index >= 15 is 0 Å². The summed E-state index contributed by atoms with van der Waals surface area (Å²) in [5.41, 5.74) is -0.707. The van der Waals surface area contributed by atoms with Gasteiger partial charge in [0.15, 0.2) is 10.6 Å². The Kier molecular flexibility index (Phi) is 3.00. The summed E-state index contributed by atoms with van der Waals surface area (Å²) in [4.78, 5) is 11.9. The van der Waals surface area contributed by atoms with E-state index in [0.29, 0.717) is 23.6 Å². The molecule has 1 heterocycles. The van der Waals surface area contributed by atoms with Gasteiger partial charge in [0.2, 0.25) is 5.91 Å². The number of aromatic amines is 1. The van der Waals surface area contributed by atoms with E-state index in [4.69, 9.17) is 35.4 Å². The molecule has 0 spiro atoms. The zero-order valence-electron chi connectivity index (χ0n) is 9.38. The number of halogens is 2. The number of nitrogens with one attached hydrogen (secondary N) is 2. The molecule has 1 atom stereocenters. The van der Waals surface area contributed by atoms with E-state index in [9.17, 15) is 4.79 Å². The average Bonchev–Trinajstić information content (AvgIpc) is 2.60. The SMILES string of the molecule is Cn1c(CNC(=O)[C@@]2(C)CC2(Cl)Cl)n[nH]c1=S. The van der Waals surface area contributed by atoms with Crippen molar-refractivity contribution < 1.29 is 4.79 Å². The van der Waals surface area contributed by atoms with Gasteiger partial charge >= 0.3 is 0 Å². The van der Waals surface area contributed by atoms with Gasteiger partial charge in [-0.15, -0.1) is 23.2 Å². The number of hydrogen-bond donors (Lipinski definition) is 2. The highest BCUT2D eigenvalue weighted by atomic mass is 35.5. The van der Waals surface area contributed by atoms with Gasteiger partial charge in [0.1, 0.15) is 4.33 Å². The number of carbonyl (C=O) groups is 1. The van der Waals surface area contributed by atoms with Crippen molar-refractivity contribution in [2.75, 3.05) is 0 Å². The molecule has 0 bridgehead atoms. The molecule has 0 aromatic carbocycles. The van der Waals surface area contributed by atoms with Crippen molar-refractivity contribution in [1.82, 2.24) is 20.1 Å². The Hall–Kier alpha value is -0.590. The maximum absolute atomic E-state index is 11.9. The maximum Gasteiger partial charge on any atom is 0.229 e. The van der Waals surface area contributed by atoms with Crippen molar-refractivity contribution >= 4 is 41.3 Å². The smallest absolute Gasteiger partial charge is 0.229 e. The molecule has 0 radical (unpaired) electrons. The van der Waals surface area contributed by atoms with Gasteiger partial charge in [-0.1, -0.05) is 0 Å². The quantitative estimate of drug-likeness (QED) is 0.659. The minimum atomic E-state index is -0.950. The zero-order chi connectivity index (χ0) is 12.8. The molecule has 1 fully saturated rings. The Bertz CT molecular complexity index is 523. The molecule has 0 unspecified atom stereocenters. The molecule has 2 rings (SSSR count). The highest BCUT2D eigenvalue weighted by molar-refractivity contribution is 7.71. The Morgan fingerprint density at radius 2 is 2.29 bits per heavy atom. The van der Waals surface area contributed by atoms with Crippen LogP contribution in [0.25, 0.3) is 0 Å². The summed E-state index contributed by atoms with van der Waals surface area (Å²) in [5, 5.41) is 9.39. The summed E-state index contributed by atoms with van der Waals surface area (Å²) in [6, 6.07) is 0. The van der Waals surface area contributed by atoms with E-state index in [2.05, 4.69) is 15.5 Å². The van der Waals surface area contributed by atoms with Gasteiger partial charge in [-0.2, -0.15) is 5.10 Å². The fourth-order valence-corrected chi connectivity index (χ4v) is 2.40. The first kappa shape index (κ1) is 12.9. The number of alkyl halides is 2. The molecular weight excluding hydrogens is 283 g/mol.